The molecule has 86 valence electrons. The summed E-state index contributed by atoms with van der Waals surface area (Å²) in [6, 6.07) is 7.70. The Balaban J connectivity index is 1.94. The first-order valence-electron chi connectivity index (χ1n) is 5.21. The van der Waals surface area contributed by atoms with Crippen LogP contribution in [0.4, 0.5) is 0 Å². The minimum absolute atomic E-state index is 0.599. The molecule has 0 radical (unpaired) electrons. The van der Waals surface area contributed by atoms with Gasteiger partial charge in [-0.3, -0.25) is 4.90 Å². The number of alkyl halides is 1. The minimum Gasteiger partial charge on any atom is -0.468 e. The third-order valence-electron chi connectivity index (χ3n) is 2.32. The second kappa shape index (κ2) is 5.77. The van der Waals surface area contributed by atoms with Crippen molar-refractivity contribution in [2.75, 3.05) is 12.4 Å². The van der Waals surface area contributed by atoms with Gasteiger partial charge in [-0.25, -0.2) is 0 Å². The molecule has 0 aliphatic heterocycles. The number of nitrogens with zero attached hydrogens (tertiary/aromatic N) is 1. The van der Waals surface area contributed by atoms with E-state index >= 15 is 0 Å². The van der Waals surface area contributed by atoms with Gasteiger partial charge in [0.25, 0.3) is 0 Å². The molecule has 2 aromatic heterocycles. The maximum Gasteiger partial charge on any atom is 0.117 e. The normalized spacial score (nSPS) is 11.1. The zero-order chi connectivity index (χ0) is 11.2. The van der Waals surface area contributed by atoms with Gasteiger partial charge in [-0.2, -0.15) is 0 Å². The monoisotopic (exact) mass is 239 g/mol. The van der Waals surface area contributed by atoms with Crippen LogP contribution in [-0.2, 0) is 13.1 Å². The smallest absolute Gasteiger partial charge is 0.117 e. The van der Waals surface area contributed by atoms with Crippen LogP contribution in [-0.4, -0.2) is 17.3 Å². The first kappa shape index (κ1) is 11.3. The summed E-state index contributed by atoms with van der Waals surface area (Å²) >= 11 is 5.77. The van der Waals surface area contributed by atoms with Crippen LogP contribution in [0.1, 0.15) is 11.5 Å². The third-order valence-corrected chi connectivity index (χ3v) is 2.49. The molecule has 2 heterocycles. The van der Waals surface area contributed by atoms with Crippen LogP contribution >= 0.6 is 11.6 Å². The molecule has 0 atom stereocenters. The third kappa shape index (κ3) is 3.15. The van der Waals surface area contributed by atoms with Crippen LogP contribution < -0.4 is 0 Å². The molecule has 2 aromatic rings. The van der Waals surface area contributed by atoms with Crippen molar-refractivity contribution in [2.45, 2.75) is 13.1 Å². The minimum atomic E-state index is 0.599. The molecule has 0 aliphatic rings. The van der Waals surface area contributed by atoms with Crippen molar-refractivity contribution in [1.29, 1.82) is 0 Å². The quantitative estimate of drug-likeness (QED) is 0.726. The van der Waals surface area contributed by atoms with Gasteiger partial charge in [-0.05, 0) is 24.3 Å². The van der Waals surface area contributed by atoms with Gasteiger partial charge >= 0.3 is 0 Å². The van der Waals surface area contributed by atoms with E-state index in [-0.39, 0.29) is 0 Å². The van der Waals surface area contributed by atoms with Crippen LogP contribution in [0.5, 0.6) is 0 Å². The lowest BCUT2D eigenvalue weighted by molar-refractivity contribution is 0.230. The Labute approximate surface area is 99.6 Å². The molecule has 0 bridgehead atoms. The molecule has 16 heavy (non-hydrogen) atoms. The molecule has 3 nitrogen and oxygen atoms in total. The fraction of sp³-hybridized carbons (Fsp3) is 0.333. The topological polar surface area (TPSA) is 29.5 Å². The average molecular weight is 240 g/mol. The number of furan rings is 2. The molecule has 0 fully saturated rings. The second-order valence-corrected chi connectivity index (χ2v) is 3.94. The maximum atomic E-state index is 5.77. The van der Waals surface area contributed by atoms with E-state index in [1.165, 1.54) is 0 Å². The number of hydrogen-bond acceptors (Lipinski definition) is 3. The molecular weight excluding hydrogens is 226 g/mol. The Bertz CT molecular complexity index is 347. The van der Waals surface area contributed by atoms with Gasteiger partial charge in [0.2, 0.25) is 0 Å². The Hall–Kier alpha value is -1.19. The number of hydrogen-bond donors (Lipinski definition) is 0. The highest BCUT2D eigenvalue weighted by atomic mass is 35.5. The van der Waals surface area contributed by atoms with Gasteiger partial charge in [-0.15, -0.1) is 11.6 Å². The van der Waals surface area contributed by atoms with Crippen molar-refractivity contribution >= 4 is 11.6 Å². The molecule has 0 N–H and O–H groups in total. The van der Waals surface area contributed by atoms with Crippen molar-refractivity contribution < 1.29 is 8.83 Å². The van der Waals surface area contributed by atoms with Crippen molar-refractivity contribution in [3.8, 4) is 0 Å². The molecule has 4 heteroatoms. The molecule has 0 aliphatic carbocycles. The summed E-state index contributed by atoms with van der Waals surface area (Å²) in [4.78, 5) is 2.19. The van der Waals surface area contributed by atoms with E-state index in [0.717, 1.165) is 31.2 Å². The Morgan fingerprint density at radius 3 is 1.94 bits per heavy atom. The van der Waals surface area contributed by atoms with E-state index in [9.17, 15) is 0 Å². The Morgan fingerprint density at radius 1 is 1.00 bits per heavy atom. The van der Waals surface area contributed by atoms with Crippen molar-refractivity contribution in [2.24, 2.45) is 0 Å². The Morgan fingerprint density at radius 2 is 1.56 bits per heavy atom. The second-order valence-electron chi connectivity index (χ2n) is 3.56. The highest BCUT2D eigenvalue weighted by Crippen LogP contribution is 2.10. The molecule has 0 spiro atoms. The summed E-state index contributed by atoms with van der Waals surface area (Å²) < 4.78 is 10.6. The van der Waals surface area contributed by atoms with Gasteiger partial charge in [0.1, 0.15) is 11.5 Å². The van der Waals surface area contributed by atoms with E-state index < -0.39 is 0 Å². The molecule has 0 amide bonds. The van der Waals surface area contributed by atoms with Crippen LogP contribution in [0.25, 0.3) is 0 Å². The van der Waals surface area contributed by atoms with E-state index in [2.05, 4.69) is 4.90 Å². The van der Waals surface area contributed by atoms with Crippen molar-refractivity contribution in [3.05, 3.63) is 48.3 Å². The molecule has 0 saturated heterocycles. The largest absolute Gasteiger partial charge is 0.468 e. The first-order chi connectivity index (χ1) is 7.88. The van der Waals surface area contributed by atoms with Gasteiger partial charge in [-0.1, -0.05) is 0 Å². The standard InChI is InChI=1S/C12H14ClNO2/c13-5-6-14(9-11-3-1-7-15-11)10-12-4-2-8-16-12/h1-4,7-8H,5-6,9-10H2. The van der Waals surface area contributed by atoms with Crippen LogP contribution in [0, 0.1) is 0 Å². The van der Waals surface area contributed by atoms with E-state index in [4.69, 9.17) is 20.4 Å². The zero-order valence-corrected chi connectivity index (χ0v) is 9.69. The summed E-state index contributed by atoms with van der Waals surface area (Å²) in [7, 11) is 0. The van der Waals surface area contributed by atoms with E-state index in [1.807, 2.05) is 24.3 Å². The SMILES string of the molecule is ClCCN(Cc1ccco1)Cc1ccco1. The molecule has 0 saturated carbocycles. The lowest BCUT2D eigenvalue weighted by Crippen LogP contribution is -2.24. The lowest BCUT2D eigenvalue weighted by Gasteiger charge is -2.18. The van der Waals surface area contributed by atoms with Crippen LogP contribution in [0.3, 0.4) is 0 Å². The van der Waals surface area contributed by atoms with Gasteiger partial charge in [0, 0.05) is 12.4 Å². The van der Waals surface area contributed by atoms with Crippen molar-refractivity contribution in [1.82, 2.24) is 4.90 Å². The predicted octanol–water partition coefficient (Wildman–Crippen LogP) is 3.11. The summed E-state index contributed by atoms with van der Waals surface area (Å²) in [5, 5.41) is 0. The molecule has 0 unspecified atom stereocenters. The van der Waals surface area contributed by atoms with Gasteiger partial charge < -0.3 is 8.83 Å². The summed E-state index contributed by atoms with van der Waals surface area (Å²) in [6.07, 6.45) is 3.36. The summed E-state index contributed by atoms with van der Waals surface area (Å²) in [5.41, 5.74) is 0. The molecular formula is C12H14ClNO2. The lowest BCUT2D eigenvalue weighted by atomic mass is 10.3. The molecule has 0 aromatic carbocycles. The van der Waals surface area contributed by atoms with E-state index in [1.54, 1.807) is 12.5 Å². The van der Waals surface area contributed by atoms with Gasteiger partial charge in [0.05, 0.1) is 25.6 Å². The maximum absolute atomic E-state index is 5.77. The van der Waals surface area contributed by atoms with E-state index in [0.29, 0.717) is 5.88 Å². The summed E-state index contributed by atoms with van der Waals surface area (Å²) in [6.45, 7) is 2.31. The fourth-order valence-electron chi connectivity index (χ4n) is 1.58. The predicted molar refractivity (Wildman–Crippen MR) is 62.3 cm³/mol. The van der Waals surface area contributed by atoms with Crippen LogP contribution in [0.15, 0.2) is 45.6 Å². The van der Waals surface area contributed by atoms with Crippen LogP contribution in [0.2, 0.25) is 0 Å². The number of rotatable bonds is 6. The zero-order valence-electron chi connectivity index (χ0n) is 8.93. The molecule has 2 rings (SSSR count). The highest BCUT2D eigenvalue weighted by Gasteiger charge is 2.09. The fourth-order valence-corrected chi connectivity index (χ4v) is 1.82. The summed E-state index contributed by atoms with van der Waals surface area (Å²) in [5.74, 6) is 2.48. The van der Waals surface area contributed by atoms with Crippen molar-refractivity contribution in [3.63, 3.8) is 0 Å². The first-order valence-corrected chi connectivity index (χ1v) is 5.75. The van der Waals surface area contributed by atoms with Gasteiger partial charge in [0.15, 0.2) is 0 Å². The average Bonchev–Trinajstić information content (AvgIpc) is 2.91. The highest BCUT2D eigenvalue weighted by molar-refractivity contribution is 6.18. The number of halogens is 1. The Kier molecular flexibility index (Phi) is 4.08.